The molecule has 0 N–H and O–H groups in total. The van der Waals surface area contributed by atoms with Crippen LogP contribution < -0.4 is 9.80 Å². The summed E-state index contributed by atoms with van der Waals surface area (Å²) in [5.41, 5.74) is 9.20. The highest BCUT2D eigenvalue weighted by molar-refractivity contribution is 6.08. The molecule has 252 valence electrons. The molecule has 2 aromatic carbocycles. The predicted octanol–water partition coefficient (Wildman–Crippen LogP) is 6.82. The van der Waals surface area contributed by atoms with E-state index in [1.54, 1.807) is 33.8 Å². The average Bonchev–Trinajstić information content (AvgIpc) is 3.87. The number of hydrogen-bond donors (Lipinski definition) is 0. The molecular formula is C39H37FN8O2. The van der Waals surface area contributed by atoms with E-state index in [9.17, 15) is 14.0 Å². The van der Waals surface area contributed by atoms with Gasteiger partial charge in [-0.05, 0) is 76.1 Å². The van der Waals surface area contributed by atoms with E-state index in [0.29, 0.717) is 5.69 Å². The topological polar surface area (TPSA) is 102 Å². The van der Waals surface area contributed by atoms with Crippen LogP contribution in [0.5, 0.6) is 0 Å². The third-order valence-corrected chi connectivity index (χ3v) is 9.71. The Kier molecular flexibility index (Phi) is 7.73. The van der Waals surface area contributed by atoms with Crippen molar-refractivity contribution in [2.45, 2.75) is 45.4 Å². The molecular weight excluding hydrogens is 631 g/mol. The molecule has 50 heavy (non-hydrogen) atoms. The largest absolute Gasteiger partial charge is 0.314 e. The van der Waals surface area contributed by atoms with Gasteiger partial charge in [-0.1, -0.05) is 24.3 Å². The summed E-state index contributed by atoms with van der Waals surface area (Å²) in [5, 5.41) is 4.48. The fourth-order valence-electron chi connectivity index (χ4n) is 6.67. The highest BCUT2D eigenvalue weighted by atomic mass is 19.1. The summed E-state index contributed by atoms with van der Waals surface area (Å²) in [7, 11) is 3.62. The lowest BCUT2D eigenvalue weighted by Gasteiger charge is -2.16. The maximum absolute atomic E-state index is 13.3. The lowest BCUT2D eigenvalue weighted by Crippen LogP contribution is -2.33. The second-order valence-electron chi connectivity index (χ2n) is 13.8. The highest BCUT2D eigenvalue weighted by Crippen LogP contribution is 2.43. The summed E-state index contributed by atoms with van der Waals surface area (Å²) in [6.45, 7) is 9.77. The minimum absolute atomic E-state index is 0.0810. The fraction of sp³-hybridized carbons (Fsp3) is 0.231. The number of nitrogens with zero attached hydrogens (tertiary/aromatic N) is 8. The van der Waals surface area contributed by atoms with Crippen LogP contribution >= 0.6 is 0 Å². The van der Waals surface area contributed by atoms with Gasteiger partial charge in [0.05, 0.1) is 40.4 Å². The Hall–Kier alpha value is -5.97. The quantitative estimate of drug-likeness (QED) is 0.191. The Labute approximate surface area is 289 Å². The van der Waals surface area contributed by atoms with Gasteiger partial charge in [0.2, 0.25) is 17.8 Å². The second kappa shape index (κ2) is 11.9. The average molecular weight is 669 g/mol. The molecule has 0 saturated carbocycles. The van der Waals surface area contributed by atoms with Crippen LogP contribution in [0.15, 0.2) is 98.0 Å². The summed E-state index contributed by atoms with van der Waals surface area (Å²) in [5.74, 6) is -0.336. The first kappa shape index (κ1) is 32.6. The Bertz CT molecular complexity index is 2290. The number of amides is 2. The number of pyridine rings is 2. The summed E-state index contributed by atoms with van der Waals surface area (Å²) in [4.78, 5) is 40.6. The van der Waals surface area contributed by atoms with Gasteiger partial charge in [0.1, 0.15) is 0 Å². The summed E-state index contributed by atoms with van der Waals surface area (Å²) in [6.07, 6.45) is 10.6. The van der Waals surface area contributed by atoms with Gasteiger partial charge >= 0.3 is 0 Å². The van der Waals surface area contributed by atoms with Gasteiger partial charge in [-0.25, -0.2) is 14.6 Å². The molecule has 0 spiro atoms. The standard InChI is InChI=1S/C20H20N4O.C19H17FN4O/c1-13-5-6-14(10-21-13)15-11-22-24(12-15)16-7-8-17-18(9-16)23(4)19(25)20(17,2)3;1-19(2)14-5-4-12(8-16(14)23(3)18(19)25)15-10-24(11-22-15)13-6-7-21-17(20)9-13/h5-12H,1-4H3;4-11H,1-3H3. The van der Waals surface area contributed by atoms with E-state index in [-0.39, 0.29) is 11.8 Å². The number of hydrogen-bond acceptors (Lipinski definition) is 6. The number of fused-ring (bicyclic) bond motifs is 2. The molecule has 2 amide bonds. The molecule has 0 unspecified atom stereocenters. The number of carbonyl (C=O) groups excluding carboxylic acids is 2. The van der Waals surface area contributed by atoms with Crippen molar-refractivity contribution >= 4 is 23.2 Å². The van der Waals surface area contributed by atoms with Crippen molar-refractivity contribution in [1.82, 2.24) is 29.3 Å². The van der Waals surface area contributed by atoms with Crippen LogP contribution in [0, 0.1) is 12.9 Å². The summed E-state index contributed by atoms with van der Waals surface area (Å²) < 4.78 is 16.9. The monoisotopic (exact) mass is 668 g/mol. The van der Waals surface area contributed by atoms with Crippen molar-refractivity contribution < 1.29 is 14.0 Å². The van der Waals surface area contributed by atoms with Crippen LogP contribution in [-0.2, 0) is 20.4 Å². The number of anilines is 2. The zero-order valence-electron chi connectivity index (χ0n) is 29.0. The molecule has 6 aromatic rings. The third kappa shape index (κ3) is 5.44. The zero-order valence-corrected chi connectivity index (χ0v) is 29.0. The smallest absolute Gasteiger partial charge is 0.236 e. The van der Waals surface area contributed by atoms with E-state index in [1.165, 1.54) is 12.3 Å². The van der Waals surface area contributed by atoms with Crippen molar-refractivity contribution in [1.29, 1.82) is 0 Å². The van der Waals surface area contributed by atoms with Crippen LogP contribution in [0.25, 0.3) is 33.8 Å². The van der Waals surface area contributed by atoms with Gasteiger partial charge in [0.25, 0.3) is 0 Å². The molecule has 6 heterocycles. The molecule has 10 nitrogen and oxygen atoms in total. The lowest BCUT2D eigenvalue weighted by atomic mass is 9.86. The maximum Gasteiger partial charge on any atom is 0.236 e. The number of aromatic nitrogens is 6. The molecule has 2 aliphatic rings. The van der Waals surface area contributed by atoms with E-state index >= 15 is 0 Å². The first-order chi connectivity index (χ1) is 23.8. The van der Waals surface area contributed by atoms with Crippen LogP contribution in [0.4, 0.5) is 15.8 Å². The van der Waals surface area contributed by atoms with Crippen LogP contribution in [-0.4, -0.2) is 55.2 Å². The van der Waals surface area contributed by atoms with E-state index in [1.807, 2.05) is 120 Å². The van der Waals surface area contributed by atoms with Crippen molar-refractivity contribution in [3.8, 4) is 33.8 Å². The summed E-state index contributed by atoms with van der Waals surface area (Å²) >= 11 is 0. The Morgan fingerprint density at radius 1 is 0.660 bits per heavy atom. The number of carbonyl (C=O) groups is 2. The van der Waals surface area contributed by atoms with Gasteiger partial charge in [-0.15, -0.1) is 0 Å². The minimum atomic E-state index is -0.535. The van der Waals surface area contributed by atoms with E-state index in [2.05, 4.69) is 20.1 Å². The summed E-state index contributed by atoms with van der Waals surface area (Å²) in [6, 6.07) is 19.1. The minimum Gasteiger partial charge on any atom is -0.314 e. The third-order valence-electron chi connectivity index (χ3n) is 9.71. The van der Waals surface area contributed by atoms with Gasteiger partial charge in [-0.2, -0.15) is 9.49 Å². The molecule has 0 atom stereocenters. The Morgan fingerprint density at radius 3 is 1.98 bits per heavy atom. The first-order valence-corrected chi connectivity index (χ1v) is 16.3. The molecule has 0 bridgehead atoms. The number of likely N-dealkylation sites (N-methyl/N-ethyl adjacent to an activating group) is 2. The van der Waals surface area contributed by atoms with Crippen molar-refractivity contribution in [2.75, 3.05) is 23.9 Å². The number of halogens is 1. The fourth-order valence-corrected chi connectivity index (χ4v) is 6.67. The van der Waals surface area contributed by atoms with Gasteiger partial charge in [-0.3, -0.25) is 14.6 Å². The molecule has 11 heteroatoms. The normalized spacial score (nSPS) is 15.5. The first-order valence-electron chi connectivity index (χ1n) is 16.3. The van der Waals surface area contributed by atoms with Gasteiger partial charge < -0.3 is 14.4 Å². The zero-order chi connectivity index (χ0) is 35.5. The molecule has 0 aliphatic carbocycles. The van der Waals surface area contributed by atoms with Crippen LogP contribution in [0.1, 0.15) is 44.5 Å². The molecule has 0 fully saturated rings. The number of benzene rings is 2. The lowest BCUT2D eigenvalue weighted by molar-refractivity contribution is -0.122. The van der Waals surface area contributed by atoms with Gasteiger partial charge in [0.15, 0.2) is 0 Å². The molecule has 0 radical (unpaired) electrons. The highest BCUT2D eigenvalue weighted by Gasteiger charge is 2.43. The Balaban J connectivity index is 0.000000157. The molecule has 0 saturated heterocycles. The Morgan fingerprint density at radius 2 is 1.32 bits per heavy atom. The second-order valence-corrected chi connectivity index (χ2v) is 13.8. The number of imidazole rings is 1. The SMILES string of the molecule is CN1C(=O)C(C)(C)c2ccc(-c3cn(-c4ccnc(F)c4)cn3)cc21.Cc1ccc(-c2cnn(-c3ccc4c(c3)N(C)C(=O)C4(C)C)c2)cn1. The van der Waals surface area contributed by atoms with Crippen molar-refractivity contribution in [3.05, 3.63) is 121 Å². The number of rotatable bonds is 4. The van der Waals surface area contributed by atoms with E-state index < -0.39 is 16.8 Å². The number of aryl methyl sites for hydroxylation is 1. The van der Waals surface area contributed by atoms with Gasteiger partial charge in [0, 0.05) is 78.7 Å². The molecule has 4 aromatic heterocycles. The maximum atomic E-state index is 13.3. The van der Waals surface area contributed by atoms with E-state index in [0.717, 1.165) is 56.3 Å². The molecule has 2 aliphatic heterocycles. The van der Waals surface area contributed by atoms with Crippen molar-refractivity contribution in [3.63, 3.8) is 0 Å². The van der Waals surface area contributed by atoms with Crippen LogP contribution in [0.3, 0.4) is 0 Å². The van der Waals surface area contributed by atoms with Crippen molar-refractivity contribution in [2.24, 2.45) is 0 Å². The van der Waals surface area contributed by atoms with E-state index in [4.69, 9.17) is 0 Å². The van der Waals surface area contributed by atoms with Crippen LogP contribution in [0.2, 0.25) is 0 Å². The predicted molar refractivity (Wildman–Crippen MR) is 191 cm³/mol. The molecule has 8 rings (SSSR count).